The SMILES string of the molecule is CC(C)(C)CCCCCCCCCOOCCCCCCCCCC(C)(C)C. The molecule has 0 saturated heterocycles. The average Bonchev–Trinajstić information content (AvgIpc) is 2.58. The topological polar surface area (TPSA) is 18.5 Å². The lowest BCUT2D eigenvalue weighted by atomic mass is 9.89. The van der Waals surface area contributed by atoms with Crippen LogP contribution in [0.3, 0.4) is 0 Å². The van der Waals surface area contributed by atoms with Gasteiger partial charge in [0.05, 0.1) is 13.2 Å². The zero-order valence-electron chi connectivity index (χ0n) is 20.5. The molecular weight excluding hydrogens is 344 g/mol. The molecule has 0 bridgehead atoms. The summed E-state index contributed by atoms with van der Waals surface area (Å²) in [4.78, 5) is 10.6. The zero-order valence-corrected chi connectivity index (χ0v) is 20.5. The van der Waals surface area contributed by atoms with Crippen molar-refractivity contribution < 1.29 is 9.78 Å². The van der Waals surface area contributed by atoms with Crippen molar-refractivity contribution in [2.75, 3.05) is 13.2 Å². The molecule has 0 aliphatic heterocycles. The molecule has 0 aromatic rings. The molecule has 0 aliphatic carbocycles. The van der Waals surface area contributed by atoms with Crippen molar-refractivity contribution in [3.63, 3.8) is 0 Å². The molecule has 0 saturated carbocycles. The van der Waals surface area contributed by atoms with Crippen LogP contribution in [0, 0.1) is 10.8 Å². The zero-order chi connectivity index (χ0) is 21.1. The van der Waals surface area contributed by atoms with E-state index >= 15 is 0 Å². The average molecular weight is 399 g/mol. The Kier molecular flexibility index (Phi) is 17.7. The Morgan fingerprint density at radius 1 is 0.357 bits per heavy atom. The molecule has 2 heteroatoms. The van der Waals surface area contributed by atoms with E-state index in [4.69, 9.17) is 9.78 Å². The van der Waals surface area contributed by atoms with E-state index in [-0.39, 0.29) is 0 Å². The third kappa shape index (κ3) is 25.9. The van der Waals surface area contributed by atoms with E-state index in [0.717, 1.165) is 26.1 Å². The summed E-state index contributed by atoms with van der Waals surface area (Å²) in [5, 5.41) is 0. The van der Waals surface area contributed by atoms with Crippen LogP contribution in [0.4, 0.5) is 0 Å². The third-order valence-corrected chi connectivity index (χ3v) is 5.39. The van der Waals surface area contributed by atoms with Gasteiger partial charge in [0.25, 0.3) is 0 Å². The second kappa shape index (κ2) is 17.8. The Balaban J connectivity index is 3.07. The summed E-state index contributed by atoms with van der Waals surface area (Å²) in [7, 11) is 0. The minimum atomic E-state index is 0.503. The van der Waals surface area contributed by atoms with Crippen LogP contribution in [0.1, 0.15) is 144 Å². The normalized spacial score (nSPS) is 12.6. The van der Waals surface area contributed by atoms with Gasteiger partial charge in [-0.1, -0.05) is 119 Å². The Morgan fingerprint density at radius 2 is 0.607 bits per heavy atom. The highest BCUT2D eigenvalue weighted by molar-refractivity contribution is 4.61. The molecule has 0 spiro atoms. The van der Waals surface area contributed by atoms with Crippen molar-refractivity contribution in [2.24, 2.45) is 10.8 Å². The molecule has 0 aromatic heterocycles. The van der Waals surface area contributed by atoms with Gasteiger partial charge in [0.1, 0.15) is 0 Å². The van der Waals surface area contributed by atoms with Crippen LogP contribution in [0.5, 0.6) is 0 Å². The maximum absolute atomic E-state index is 5.31. The van der Waals surface area contributed by atoms with Crippen molar-refractivity contribution in [2.45, 2.75) is 144 Å². The van der Waals surface area contributed by atoms with E-state index in [1.54, 1.807) is 0 Å². The first kappa shape index (κ1) is 27.9. The molecule has 170 valence electrons. The maximum atomic E-state index is 5.31. The van der Waals surface area contributed by atoms with Crippen LogP contribution in [-0.2, 0) is 9.78 Å². The summed E-state index contributed by atoms with van der Waals surface area (Å²) in [6.45, 7) is 15.6. The maximum Gasteiger partial charge on any atom is 0.0822 e. The van der Waals surface area contributed by atoms with Gasteiger partial charge < -0.3 is 0 Å². The first-order valence-electron chi connectivity index (χ1n) is 12.5. The summed E-state index contributed by atoms with van der Waals surface area (Å²) in [6, 6.07) is 0. The molecule has 0 fully saturated rings. The van der Waals surface area contributed by atoms with Gasteiger partial charge in [-0.15, -0.1) is 0 Å². The van der Waals surface area contributed by atoms with E-state index in [2.05, 4.69) is 41.5 Å². The Labute approximate surface area is 178 Å². The van der Waals surface area contributed by atoms with Gasteiger partial charge in [0, 0.05) is 0 Å². The first-order valence-corrected chi connectivity index (χ1v) is 12.5. The molecule has 2 nitrogen and oxygen atoms in total. The number of hydrogen-bond donors (Lipinski definition) is 0. The Morgan fingerprint density at radius 3 is 0.893 bits per heavy atom. The molecule has 0 atom stereocenters. The van der Waals surface area contributed by atoms with E-state index in [0.29, 0.717) is 10.8 Å². The monoisotopic (exact) mass is 398 g/mol. The highest BCUT2D eigenvalue weighted by atomic mass is 17.2. The van der Waals surface area contributed by atoms with E-state index in [9.17, 15) is 0 Å². The lowest BCUT2D eigenvalue weighted by Crippen LogP contribution is -2.03. The van der Waals surface area contributed by atoms with Gasteiger partial charge in [0.2, 0.25) is 0 Å². The highest BCUT2D eigenvalue weighted by Gasteiger charge is 2.09. The van der Waals surface area contributed by atoms with E-state index < -0.39 is 0 Å². The number of rotatable bonds is 19. The Bertz CT molecular complexity index is 279. The minimum absolute atomic E-state index is 0.503. The molecular formula is C26H54O2. The van der Waals surface area contributed by atoms with Gasteiger partial charge in [0.15, 0.2) is 0 Å². The summed E-state index contributed by atoms with van der Waals surface area (Å²) in [5.74, 6) is 0. The van der Waals surface area contributed by atoms with Gasteiger partial charge in [-0.25, -0.2) is 9.78 Å². The fourth-order valence-corrected chi connectivity index (χ4v) is 3.52. The predicted octanol–water partition coefficient (Wildman–Crippen LogP) is 9.27. The molecule has 0 rings (SSSR count). The van der Waals surface area contributed by atoms with Gasteiger partial charge in [-0.05, 0) is 36.5 Å². The van der Waals surface area contributed by atoms with Gasteiger partial charge >= 0.3 is 0 Å². The number of hydrogen-bond acceptors (Lipinski definition) is 2. The van der Waals surface area contributed by atoms with Gasteiger partial charge in [-0.3, -0.25) is 0 Å². The third-order valence-electron chi connectivity index (χ3n) is 5.39. The predicted molar refractivity (Wildman–Crippen MR) is 125 cm³/mol. The first-order chi connectivity index (χ1) is 13.2. The highest BCUT2D eigenvalue weighted by Crippen LogP contribution is 2.23. The number of unbranched alkanes of at least 4 members (excludes halogenated alkanes) is 12. The lowest BCUT2D eigenvalue weighted by molar-refractivity contribution is -0.295. The molecule has 28 heavy (non-hydrogen) atoms. The van der Waals surface area contributed by atoms with Crippen LogP contribution in [-0.4, -0.2) is 13.2 Å². The molecule has 0 radical (unpaired) electrons. The van der Waals surface area contributed by atoms with Crippen LogP contribution in [0.25, 0.3) is 0 Å². The van der Waals surface area contributed by atoms with Crippen molar-refractivity contribution in [3.8, 4) is 0 Å². The molecule has 0 aliphatic rings. The van der Waals surface area contributed by atoms with Crippen molar-refractivity contribution >= 4 is 0 Å². The van der Waals surface area contributed by atoms with Crippen molar-refractivity contribution in [1.82, 2.24) is 0 Å². The summed E-state index contributed by atoms with van der Waals surface area (Å²) in [5.41, 5.74) is 1.01. The van der Waals surface area contributed by atoms with Crippen LogP contribution >= 0.6 is 0 Å². The van der Waals surface area contributed by atoms with E-state index in [1.165, 1.54) is 89.9 Å². The van der Waals surface area contributed by atoms with Crippen molar-refractivity contribution in [3.05, 3.63) is 0 Å². The quantitative estimate of drug-likeness (QED) is 0.123. The minimum Gasteiger partial charge on any atom is -0.237 e. The van der Waals surface area contributed by atoms with Crippen LogP contribution < -0.4 is 0 Å². The van der Waals surface area contributed by atoms with Gasteiger partial charge in [-0.2, -0.15) is 0 Å². The second-order valence-corrected chi connectivity index (χ2v) is 11.2. The van der Waals surface area contributed by atoms with E-state index in [1.807, 2.05) is 0 Å². The second-order valence-electron chi connectivity index (χ2n) is 11.2. The molecule has 0 amide bonds. The molecule has 0 heterocycles. The fourth-order valence-electron chi connectivity index (χ4n) is 3.52. The smallest absolute Gasteiger partial charge is 0.0822 e. The van der Waals surface area contributed by atoms with Crippen LogP contribution in [0.2, 0.25) is 0 Å². The lowest BCUT2D eigenvalue weighted by Gasteiger charge is -2.17. The Hall–Kier alpha value is -0.0800. The largest absolute Gasteiger partial charge is 0.237 e. The van der Waals surface area contributed by atoms with Crippen LogP contribution in [0.15, 0.2) is 0 Å². The molecule has 0 aromatic carbocycles. The molecule has 0 N–H and O–H groups in total. The molecule has 0 unspecified atom stereocenters. The fraction of sp³-hybridized carbons (Fsp3) is 1.00. The standard InChI is InChI=1S/C26H54O2/c1-25(2,3)21-17-13-9-7-11-15-19-23-27-28-24-20-16-12-8-10-14-18-22-26(4,5)6/h7-24H2,1-6H3. The summed E-state index contributed by atoms with van der Waals surface area (Å²) < 4.78 is 0. The summed E-state index contributed by atoms with van der Waals surface area (Å²) in [6.07, 6.45) is 21.3. The summed E-state index contributed by atoms with van der Waals surface area (Å²) >= 11 is 0. The van der Waals surface area contributed by atoms with Crippen molar-refractivity contribution in [1.29, 1.82) is 0 Å².